The number of carbonyl (C=O) groups excluding carboxylic acids is 3. The van der Waals surface area contributed by atoms with Gasteiger partial charge in [0.15, 0.2) is 5.82 Å². The largest absolute Gasteiger partial charge is 0.507 e. The zero-order valence-electron chi connectivity index (χ0n) is 40.4. The zero-order chi connectivity index (χ0) is 48.5. The predicted octanol–water partition coefficient (Wildman–Crippen LogP) is 5.62. The van der Waals surface area contributed by atoms with E-state index in [0.29, 0.717) is 82.6 Å². The minimum atomic E-state index is -0.840. The molecule has 0 saturated carbocycles. The van der Waals surface area contributed by atoms with E-state index >= 15 is 0 Å². The van der Waals surface area contributed by atoms with E-state index in [4.69, 9.17) is 24.7 Å². The summed E-state index contributed by atoms with van der Waals surface area (Å²) in [6.45, 7) is 17.3. The van der Waals surface area contributed by atoms with Crippen molar-refractivity contribution in [2.45, 2.75) is 84.8 Å². The van der Waals surface area contributed by atoms with Crippen LogP contribution in [0.25, 0.3) is 21.7 Å². The van der Waals surface area contributed by atoms with E-state index < -0.39 is 23.4 Å². The number of carbonyl (C=O) groups is 3. The first-order chi connectivity index (χ1) is 32.8. The quantitative estimate of drug-likeness (QED) is 0.0749. The van der Waals surface area contributed by atoms with Crippen LogP contribution >= 0.6 is 11.3 Å². The summed E-state index contributed by atoms with van der Waals surface area (Å²) in [5, 5.41) is 24.8. The van der Waals surface area contributed by atoms with Crippen molar-refractivity contribution in [3.63, 3.8) is 0 Å². The van der Waals surface area contributed by atoms with Gasteiger partial charge in [-0.3, -0.25) is 14.4 Å². The summed E-state index contributed by atoms with van der Waals surface area (Å²) in [4.78, 5) is 52.3. The molecule has 2 aromatic carbocycles. The number of amides is 3. The zero-order valence-corrected chi connectivity index (χ0v) is 41.2. The fourth-order valence-electron chi connectivity index (χ4n) is 8.47. The minimum absolute atomic E-state index is 0.144. The van der Waals surface area contributed by atoms with Gasteiger partial charge in [-0.1, -0.05) is 57.2 Å². The Morgan fingerprint density at radius 1 is 0.897 bits per heavy atom. The highest BCUT2D eigenvalue weighted by Gasteiger charge is 2.42. The minimum Gasteiger partial charge on any atom is -0.507 e. The number of benzene rings is 2. The summed E-state index contributed by atoms with van der Waals surface area (Å²) >= 11 is 1.60. The van der Waals surface area contributed by atoms with Gasteiger partial charge in [0.2, 0.25) is 17.7 Å². The average molecular weight is 958 g/mol. The van der Waals surface area contributed by atoms with Crippen molar-refractivity contribution in [3.8, 4) is 27.4 Å². The molecule has 3 amide bonds. The Bertz CT molecular complexity index is 2220. The molecule has 2 aliphatic heterocycles. The van der Waals surface area contributed by atoms with Crippen LogP contribution in [0, 0.1) is 12.3 Å². The number of phenols is 1. The number of nitrogens with one attached hydrogen (secondary N) is 2. The van der Waals surface area contributed by atoms with Crippen LogP contribution < -0.4 is 21.3 Å². The number of aromatic hydroxyl groups is 1. The molecule has 0 bridgehead atoms. The van der Waals surface area contributed by atoms with Gasteiger partial charge in [-0.05, 0) is 93.8 Å². The maximum absolute atomic E-state index is 14.0. The van der Waals surface area contributed by atoms with Gasteiger partial charge in [0.25, 0.3) is 0 Å². The molecule has 2 aliphatic rings. The van der Waals surface area contributed by atoms with Crippen molar-refractivity contribution in [2.75, 3.05) is 103 Å². The van der Waals surface area contributed by atoms with Gasteiger partial charge < -0.3 is 55.1 Å². The molecule has 0 spiro atoms. The number of rotatable bonds is 21. The number of ether oxygens (including phenoxy) is 4. The lowest BCUT2D eigenvalue weighted by molar-refractivity contribution is -0.144. The highest BCUT2D eigenvalue weighted by Crippen LogP contribution is 2.32. The molecule has 2 saturated heterocycles. The first kappa shape index (κ1) is 52.1. The van der Waals surface area contributed by atoms with Crippen molar-refractivity contribution in [1.82, 2.24) is 35.6 Å². The summed E-state index contributed by atoms with van der Waals surface area (Å²) < 4.78 is 23.1. The first-order valence-corrected chi connectivity index (χ1v) is 24.8. The standard InChI is InChI=1S/C50H71N9O8S/c1-35(37-15-17-38(18-16-37)45-36(2)52-34-68-45)53-48(62)41-13-10-22-59(41)49(63)46(50(3,4)5)54-44(61)33-67-31-30-66-29-28-64-25-9-8-19-57-20-11-21-58(24-27-65-26-23-57)42-32-40(55-56-47(42)51)39-12-6-7-14-43(39)60/h6-7,12,14-18,32,34-35,41,46,60H,8-11,13,19-31,33H2,1-5H3,(H2,51,56)(H,53,62)(H,54,61)/t35-,41-,46+/m0/s1. The monoisotopic (exact) mass is 958 g/mol. The Kier molecular flexibility index (Phi) is 19.9. The molecule has 17 nitrogen and oxygen atoms in total. The summed E-state index contributed by atoms with van der Waals surface area (Å²) in [6, 6.07) is 15.3. The van der Waals surface area contributed by atoms with Crippen LogP contribution in [0.15, 0.2) is 60.1 Å². The van der Waals surface area contributed by atoms with Crippen LogP contribution in [-0.2, 0) is 33.3 Å². The summed E-state index contributed by atoms with van der Waals surface area (Å²) in [6.07, 6.45) is 4.11. The molecule has 6 rings (SSSR count). The highest BCUT2D eigenvalue weighted by atomic mass is 32.1. The van der Waals surface area contributed by atoms with Crippen molar-refractivity contribution >= 4 is 40.6 Å². The lowest BCUT2D eigenvalue weighted by Crippen LogP contribution is -2.58. The Labute approximate surface area is 405 Å². The fourth-order valence-corrected chi connectivity index (χ4v) is 9.28. The van der Waals surface area contributed by atoms with Gasteiger partial charge in [0.05, 0.1) is 73.1 Å². The molecule has 0 unspecified atom stereocenters. The van der Waals surface area contributed by atoms with Crippen molar-refractivity contribution in [2.24, 2.45) is 5.41 Å². The SMILES string of the molecule is Cc1ncsc1-c1ccc([C@H](C)NC(=O)[C@@H]2CCCN2C(=O)[C@@H](NC(=O)COCCOCCOCCCCN2CCCN(c3cc(-c4ccccc4O)nnc3N)CCOCC2)C(C)(C)C)cc1. The Balaban J connectivity index is 0.822. The number of hydrogen-bond acceptors (Lipinski definition) is 15. The molecule has 3 atom stereocenters. The predicted molar refractivity (Wildman–Crippen MR) is 264 cm³/mol. The maximum atomic E-state index is 14.0. The van der Waals surface area contributed by atoms with E-state index in [1.165, 1.54) is 0 Å². The van der Waals surface area contributed by atoms with Gasteiger partial charge in [-0.2, -0.15) is 0 Å². The Morgan fingerprint density at radius 2 is 1.63 bits per heavy atom. The second kappa shape index (κ2) is 25.9. The Hall–Kier alpha value is -5.24. The molecular formula is C50H71N9O8S. The normalized spacial score (nSPS) is 17.2. The van der Waals surface area contributed by atoms with E-state index in [1.807, 2.05) is 82.6 Å². The van der Waals surface area contributed by atoms with Gasteiger partial charge in [-0.15, -0.1) is 21.5 Å². The molecular weight excluding hydrogens is 887 g/mol. The van der Waals surface area contributed by atoms with Crippen LogP contribution in [0.5, 0.6) is 5.75 Å². The van der Waals surface area contributed by atoms with Gasteiger partial charge in [0, 0.05) is 38.3 Å². The lowest BCUT2D eigenvalue weighted by atomic mass is 9.85. The topological polar surface area (TPSA) is 207 Å². The maximum Gasteiger partial charge on any atom is 0.246 e. The number of aromatic nitrogens is 3. The molecule has 18 heteroatoms. The van der Waals surface area contributed by atoms with E-state index in [9.17, 15) is 19.5 Å². The third kappa shape index (κ3) is 15.1. The summed E-state index contributed by atoms with van der Waals surface area (Å²) in [7, 11) is 0. The molecule has 2 aromatic heterocycles. The van der Waals surface area contributed by atoms with E-state index in [-0.39, 0.29) is 36.8 Å². The number of anilines is 2. The number of nitrogens with two attached hydrogens (primary N) is 1. The van der Waals surface area contributed by atoms with Crippen molar-refractivity contribution in [1.29, 1.82) is 0 Å². The van der Waals surface area contributed by atoms with Gasteiger partial charge in [-0.25, -0.2) is 4.98 Å². The van der Waals surface area contributed by atoms with Crippen LogP contribution in [0.4, 0.5) is 11.5 Å². The molecule has 370 valence electrons. The number of nitrogen functional groups attached to an aromatic ring is 1. The van der Waals surface area contributed by atoms with E-state index in [2.05, 4.69) is 35.6 Å². The number of hydrogen-bond donors (Lipinski definition) is 4. The van der Waals surface area contributed by atoms with Gasteiger partial charge in [0.1, 0.15) is 24.4 Å². The number of para-hydroxylation sites is 1. The number of unbranched alkanes of at least 4 members (excludes halogenated alkanes) is 1. The molecule has 68 heavy (non-hydrogen) atoms. The fraction of sp³-hybridized carbons (Fsp3) is 0.560. The molecule has 4 heterocycles. The van der Waals surface area contributed by atoms with Crippen LogP contribution in [-0.4, -0.2) is 152 Å². The second-order valence-corrected chi connectivity index (χ2v) is 19.3. The number of phenolic OH excluding ortho intramolecular Hbond substituents is 1. The van der Waals surface area contributed by atoms with Crippen molar-refractivity contribution < 1.29 is 38.4 Å². The van der Waals surface area contributed by atoms with Crippen LogP contribution in [0.3, 0.4) is 0 Å². The number of thiazole rings is 1. The highest BCUT2D eigenvalue weighted by molar-refractivity contribution is 7.13. The van der Waals surface area contributed by atoms with Crippen LogP contribution in [0.2, 0.25) is 0 Å². The van der Waals surface area contributed by atoms with E-state index in [0.717, 1.165) is 72.8 Å². The molecule has 0 aliphatic carbocycles. The number of likely N-dealkylation sites (tertiary alicyclic amines) is 1. The summed E-state index contributed by atoms with van der Waals surface area (Å²) in [5.41, 5.74) is 12.5. The second-order valence-electron chi connectivity index (χ2n) is 18.5. The lowest BCUT2D eigenvalue weighted by Gasteiger charge is -2.35. The smallest absolute Gasteiger partial charge is 0.246 e. The van der Waals surface area contributed by atoms with Crippen LogP contribution in [0.1, 0.15) is 77.1 Å². The molecule has 2 fully saturated rings. The third-order valence-electron chi connectivity index (χ3n) is 12.3. The molecule has 4 aromatic rings. The van der Waals surface area contributed by atoms with Gasteiger partial charge >= 0.3 is 0 Å². The number of nitrogens with zero attached hydrogens (tertiary/aromatic N) is 6. The molecule has 5 N–H and O–H groups in total. The third-order valence-corrected chi connectivity index (χ3v) is 13.3. The first-order valence-electron chi connectivity index (χ1n) is 23.9. The Morgan fingerprint density at radius 3 is 2.37 bits per heavy atom. The number of aryl methyl sites for hydroxylation is 1. The van der Waals surface area contributed by atoms with E-state index in [1.54, 1.807) is 28.4 Å². The molecule has 0 radical (unpaired) electrons. The van der Waals surface area contributed by atoms with Crippen molar-refractivity contribution in [3.05, 3.63) is 71.4 Å². The average Bonchev–Trinajstić information content (AvgIpc) is 4.00. The summed E-state index contributed by atoms with van der Waals surface area (Å²) in [5.74, 6) is -0.395.